The molecule has 1 fully saturated rings. The van der Waals surface area contributed by atoms with Crippen LogP contribution in [0.4, 0.5) is 4.39 Å². The largest absolute Gasteiger partial charge is 0.480 e. The summed E-state index contributed by atoms with van der Waals surface area (Å²) in [6.45, 7) is 1.58. The molecule has 0 saturated carbocycles. The van der Waals surface area contributed by atoms with Crippen LogP contribution in [0.3, 0.4) is 0 Å². The molecule has 0 radical (unpaired) electrons. The predicted molar refractivity (Wildman–Crippen MR) is 65.6 cm³/mol. The van der Waals surface area contributed by atoms with Crippen LogP contribution >= 0.6 is 15.9 Å². The second-order valence-corrected chi connectivity index (χ2v) is 5.47. The van der Waals surface area contributed by atoms with Gasteiger partial charge in [0.25, 0.3) is 0 Å². The minimum Gasteiger partial charge on any atom is -0.480 e. The Morgan fingerprint density at radius 3 is 2.83 bits per heavy atom. The molecule has 1 aliphatic rings. The molecule has 0 aromatic heterocycles. The van der Waals surface area contributed by atoms with Crippen molar-refractivity contribution >= 4 is 27.8 Å². The van der Waals surface area contributed by atoms with Crippen molar-refractivity contribution in [2.75, 3.05) is 0 Å². The summed E-state index contributed by atoms with van der Waals surface area (Å²) in [6, 6.07) is 3.30. The molecular weight excluding hydrogens is 305 g/mol. The lowest BCUT2D eigenvalue weighted by molar-refractivity contribution is -0.141. The van der Waals surface area contributed by atoms with Gasteiger partial charge in [0.15, 0.2) is 0 Å². The number of benzene rings is 1. The second-order valence-electron chi connectivity index (χ2n) is 4.56. The van der Waals surface area contributed by atoms with E-state index in [0.29, 0.717) is 4.47 Å². The Labute approximate surface area is 111 Å². The highest BCUT2D eigenvalue weighted by atomic mass is 79.9. The van der Waals surface area contributed by atoms with Crippen molar-refractivity contribution in [2.24, 2.45) is 0 Å². The third-order valence-corrected chi connectivity index (χ3v) is 3.76. The van der Waals surface area contributed by atoms with Crippen molar-refractivity contribution in [1.82, 2.24) is 5.32 Å². The maximum atomic E-state index is 13.9. The molecule has 0 spiro atoms. The van der Waals surface area contributed by atoms with Gasteiger partial charge >= 0.3 is 5.97 Å². The Bertz CT molecular complexity index is 534. The topological polar surface area (TPSA) is 66.4 Å². The number of rotatable bonds is 2. The number of carboxylic acid groups (broad SMARTS) is 1. The fourth-order valence-corrected chi connectivity index (χ4v) is 2.68. The second kappa shape index (κ2) is 4.35. The third-order valence-electron chi connectivity index (χ3n) is 3.26. The van der Waals surface area contributed by atoms with Crippen molar-refractivity contribution in [3.8, 4) is 0 Å². The van der Waals surface area contributed by atoms with Crippen molar-refractivity contribution < 1.29 is 19.1 Å². The van der Waals surface area contributed by atoms with E-state index in [9.17, 15) is 14.0 Å². The molecule has 96 valence electrons. The Morgan fingerprint density at radius 1 is 1.61 bits per heavy atom. The summed E-state index contributed by atoms with van der Waals surface area (Å²) in [4.78, 5) is 22.6. The van der Waals surface area contributed by atoms with E-state index in [0.717, 1.165) is 0 Å². The molecule has 1 amide bonds. The lowest BCUT2D eigenvalue weighted by Gasteiger charge is -2.28. The zero-order chi connectivity index (χ0) is 13.5. The molecule has 6 heteroatoms. The van der Waals surface area contributed by atoms with Crippen molar-refractivity contribution in [3.05, 3.63) is 34.1 Å². The first-order chi connectivity index (χ1) is 8.34. The first-order valence-corrected chi connectivity index (χ1v) is 6.11. The van der Waals surface area contributed by atoms with Gasteiger partial charge in [-0.25, -0.2) is 9.18 Å². The summed E-state index contributed by atoms with van der Waals surface area (Å²) in [6.07, 6.45) is -0.0392. The van der Waals surface area contributed by atoms with Crippen LogP contribution in [0.1, 0.15) is 18.9 Å². The molecule has 1 saturated heterocycles. The maximum absolute atomic E-state index is 13.9. The predicted octanol–water partition coefficient (Wildman–Crippen LogP) is 1.82. The van der Waals surface area contributed by atoms with Gasteiger partial charge in [0.1, 0.15) is 11.9 Å². The lowest BCUT2D eigenvalue weighted by atomic mass is 9.76. The number of carbonyl (C=O) groups excluding carboxylic acids is 1. The SMILES string of the molecule is CC1(c2ccc(Br)cc2F)CC(=O)NC1C(=O)O. The lowest BCUT2D eigenvalue weighted by Crippen LogP contribution is -2.45. The van der Waals surface area contributed by atoms with Gasteiger partial charge in [-0.15, -0.1) is 0 Å². The average molecular weight is 316 g/mol. The Balaban J connectivity index is 2.52. The Kier molecular flexibility index (Phi) is 3.14. The molecule has 0 aliphatic carbocycles. The summed E-state index contributed by atoms with van der Waals surface area (Å²) in [7, 11) is 0. The zero-order valence-electron chi connectivity index (χ0n) is 9.54. The zero-order valence-corrected chi connectivity index (χ0v) is 11.1. The molecule has 2 N–H and O–H groups in total. The smallest absolute Gasteiger partial charge is 0.327 e. The fourth-order valence-electron chi connectivity index (χ4n) is 2.34. The van der Waals surface area contributed by atoms with E-state index in [1.807, 2.05) is 0 Å². The van der Waals surface area contributed by atoms with Crippen LogP contribution in [0, 0.1) is 5.82 Å². The average Bonchev–Trinajstić information content (AvgIpc) is 2.54. The van der Waals surface area contributed by atoms with E-state index in [-0.39, 0.29) is 17.9 Å². The molecule has 2 atom stereocenters. The van der Waals surface area contributed by atoms with Gasteiger partial charge in [-0.1, -0.05) is 28.9 Å². The number of carbonyl (C=O) groups is 2. The summed E-state index contributed by atoms with van der Waals surface area (Å²) in [5, 5.41) is 11.5. The van der Waals surface area contributed by atoms with E-state index in [2.05, 4.69) is 21.2 Å². The molecule has 2 rings (SSSR count). The highest BCUT2D eigenvalue weighted by Gasteiger charge is 2.49. The van der Waals surface area contributed by atoms with E-state index >= 15 is 0 Å². The summed E-state index contributed by atoms with van der Waals surface area (Å²) in [5.74, 6) is -2.06. The number of amides is 1. The normalized spacial score (nSPS) is 27.1. The quantitative estimate of drug-likeness (QED) is 0.875. The molecule has 1 heterocycles. The molecule has 0 bridgehead atoms. The Morgan fingerprint density at radius 2 is 2.28 bits per heavy atom. The first kappa shape index (κ1) is 13.0. The minimum absolute atomic E-state index is 0.0392. The summed E-state index contributed by atoms with van der Waals surface area (Å²) >= 11 is 3.14. The van der Waals surface area contributed by atoms with Crippen molar-refractivity contribution in [3.63, 3.8) is 0 Å². The van der Waals surface area contributed by atoms with Gasteiger partial charge in [-0.05, 0) is 17.7 Å². The van der Waals surface area contributed by atoms with Gasteiger partial charge in [0.2, 0.25) is 5.91 Å². The van der Waals surface area contributed by atoms with Gasteiger partial charge in [-0.3, -0.25) is 4.79 Å². The number of halogens is 2. The van der Waals surface area contributed by atoms with Crippen LogP contribution in [0.5, 0.6) is 0 Å². The molecule has 1 aromatic carbocycles. The number of nitrogens with one attached hydrogen (secondary N) is 1. The van der Waals surface area contributed by atoms with Crippen LogP contribution in [0.2, 0.25) is 0 Å². The third kappa shape index (κ3) is 2.01. The van der Waals surface area contributed by atoms with Crippen molar-refractivity contribution in [2.45, 2.75) is 24.8 Å². The van der Waals surface area contributed by atoms with Crippen LogP contribution in [-0.4, -0.2) is 23.0 Å². The number of carboxylic acids is 1. The fraction of sp³-hybridized carbons (Fsp3) is 0.333. The van der Waals surface area contributed by atoms with Gasteiger partial charge in [-0.2, -0.15) is 0 Å². The molecule has 1 aromatic rings. The maximum Gasteiger partial charge on any atom is 0.327 e. The molecule has 2 unspecified atom stereocenters. The Hall–Kier alpha value is -1.43. The number of hydrogen-bond donors (Lipinski definition) is 2. The molecule has 4 nitrogen and oxygen atoms in total. The van der Waals surface area contributed by atoms with E-state index in [1.54, 1.807) is 13.0 Å². The van der Waals surface area contributed by atoms with E-state index in [4.69, 9.17) is 5.11 Å². The van der Waals surface area contributed by atoms with Crippen molar-refractivity contribution in [1.29, 1.82) is 0 Å². The minimum atomic E-state index is -1.16. The van der Waals surface area contributed by atoms with E-state index in [1.165, 1.54) is 12.1 Å². The van der Waals surface area contributed by atoms with Gasteiger partial charge in [0.05, 0.1) is 0 Å². The molecular formula is C12H11BrFNO3. The van der Waals surface area contributed by atoms with Crippen LogP contribution in [0.15, 0.2) is 22.7 Å². The van der Waals surface area contributed by atoms with Gasteiger partial charge < -0.3 is 10.4 Å². The monoisotopic (exact) mass is 315 g/mol. The van der Waals surface area contributed by atoms with Crippen LogP contribution in [0.25, 0.3) is 0 Å². The highest BCUT2D eigenvalue weighted by molar-refractivity contribution is 9.10. The van der Waals surface area contributed by atoms with E-state index < -0.39 is 23.2 Å². The highest BCUT2D eigenvalue weighted by Crippen LogP contribution is 2.37. The number of aliphatic carboxylic acids is 1. The number of hydrogen-bond acceptors (Lipinski definition) is 2. The molecule has 18 heavy (non-hydrogen) atoms. The van der Waals surface area contributed by atoms with Gasteiger partial charge in [0, 0.05) is 16.3 Å². The molecule has 1 aliphatic heterocycles. The van der Waals surface area contributed by atoms with Crippen LogP contribution < -0.4 is 5.32 Å². The van der Waals surface area contributed by atoms with Crippen LogP contribution in [-0.2, 0) is 15.0 Å². The standard InChI is InChI=1S/C12H11BrFNO3/c1-12(5-9(16)15-10(12)11(17)18)7-3-2-6(13)4-8(7)14/h2-4,10H,5H2,1H3,(H,15,16)(H,17,18). The first-order valence-electron chi connectivity index (χ1n) is 5.32. The summed E-state index contributed by atoms with van der Waals surface area (Å²) < 4.78 is 14.5. The summed E-state index contributed by atoms with van der Waals surface area (Å²) in [5.41, 5.74) is -0.843.